The summed E-state index contributed by atoms with van der Waals surface area (Å²) in [5, 5.41) is 1.78. The van der Waals surface area contributed by atoms with Crippen LogP contribution in [-0.4, -0.2) is 28.6 Å². The number of sulfonamides is 1. The second kappa shape index (κ2) is 7.05. The van der Waals surface area contributed by atoms with E-state index in [0.717, 1.165) is 10.8 Å². The van der Waals surface area contributed by atoms with Gasteiger partial charge in [-0.1, -0.05) is 30.3 Å². The number of fused-ring (bicyclic) bond motifs is 1. The minimum Gasteiger partial charge on any atom is -0.496 e. The highest BCUT2D eigenvalue weighted by Crippen LogP contribution is 2.26. The van der Waals surface area contributed by atoms with Gasteiger partial charge in [-0.2, -0.15) is 0 Å². The third-order valence-electron chi connectivity index (χ3n) is 3.89. The van der Waals surface area contributed by atoms with E-state index in [9.17, 15) is 13.2 Å². The highest BCUT2D eigenvalue weighted by molar-refractivity contribution is 7.92. The molecule has 7 heteroatoms. The lowest BCUT2D eigenvalue weighted by atomic mass is 10.1. The van der Waals surface area contributed by atoms with Crippen molar-refractivity contribution < 1.29 is 22.7 Å². The Hall–Kier alpha value is -3.06. The summed E-state index contributed by atoms with van der Waals surface area (Å²) in [4.78, 5) is 11.8. The fraction of sp³-hybridized carbons (Fsp3) is 0.105. The Labute approximate surface area is 151 Å². The zero-order valence-electron chi connectivity index (χ0n) is 14.2. The predicted molar refractivity (Wildman–Crippen MR) is 99.1 cm³/mol. The number of esters is 1. The molecule has 3 aromatic carbocycles. The van der Waals surface area contributed by atoms with Crippen LogP contribution >= 0.6 is 0 Å². The molecule has 0 aromatic heterocycles. The average molecular weight is 371 g/mol. The second-order valence-corrected chi connectivity index (χ2v) is 7.20. The van der Waals surface area contributed by atoms with E-state index in [1.54, 1.807) is 18.2 Å². The van der Waals surface area contributed by atoms with E-state index in [1.165, 1.54) is 32.4 Å². The van der Waals surface area contributed by atoms with E-state index in [4.69, 9.17) is 4.74 Å². The van der Waals surface area contributed by atoms with Gasteiger partial charge in [0.2, 0.25) is 0 Å². The van der Waals surface area contributed by atoms with E-state index in [-0.39, 0.29) is 21.9 Å². The van der Waals surface area contributed by atoms with Crippen molar-refractivity contribution in [2.45, 2.75) is 4.90 Å². The lowest BCUT2D eigenvalue weighted by Gasteiger charge is -2.12. The summed E-state index contributed by atoms with van der Waals surface area (Å²) in [6, 6.07) is 16.8. The number of rotatable bonds is 5. The first kappa shape index (κ1) is 17.8. The van der Waals surface area contributed by atoms with Gasteiger partial charge in [-0.05, 0) is 35.0 Å². The van der Waals surface area contributed by atoms with Crippen molar-refractivity contribution in [1.82, 2.24) is 0 Å². The van der Waals surface area contributed by atoms with Crippen LogP contribution in [0, 0.1) is 0 Å². The highest BCUT2D eigenvalue weighted by atomic mass is 32.2. The molecule has 0 aliphatic heterocycles. The topological polar surface area (TPSA) is 81.7 Å². The Morgan fingerprint density at radius 1 is 0.923 bits per heavy atom. The molecule has 3 aromatic rings. The Morgan fingerprint density at radius 3 is 2.35 bits per heavy atom. The van der Waals surface area contributed by atoms with Crippen molar-refractivity contribution in [1.29, 1.82) is 0 Å². The van der Waals surface area contributed by atoms with Crippen LogP contribution in [-0.2, 0) is 14.8 Å². The quantitative estimate of drug-likeness (QED) is 0.695. The monoisotopic (exact) mass is 371 g/mol. The van der Waals surface area contributed by atoms with Gasteiger partial charge in [0.1, 0.15) is 11.3 Å². The van der Waals surface area contributed by atoms with Crippen LogP contribution in [0.4, 0.5) is 5.69 Å². The van der Waals surface area contributed by atoms with Gasteiger partial charge in [0.25, 0.3) is 10.0 Å². The molecule has 0 amide bonds. The second-order valence-electron chi connectivity index (χ2n) is 5.52. The fourth-order valence-corrected chi connectivity index (χ4v) is 3.67. The minimum atomic E-state index is -3.79. The summed E-state index contributed by atoms with van der Waals surface area (Å²) in [6.07, 6.45) is 0. The van der Waals surface area contributed by atoms with Gasteiger partial charge < -0.3 is 9.47 Å². The van der Waals surface area contributed by atoms with E-state index in [0.29, 0.717) is 0 Å². The smallest absolute Gasteiger partial charge is 0.341 e. The van der Waals surface area contributed by atoms with E-state index < -0.39 is 16.0 Å². The lowest BCUT2D eigenvalue weighted by molar-refractivity contribution is 0.0597. The van der Waals surface area contributed by atoms with Crippen LogP contribution in [0.25, 0.3) is 10.8 Å². The summed E-state index contributed by atoms with van der Waals surface area (Å²) in [5.41, 5.74) is 0.492. The molecule has 134 valence electrons. The molecule has 0 spiro atoms. The van der Waals surface area contributed by atoms with Crippen molar-refractivity contribution in [2.24, 2.45) is 0 Å². The van der Waals surface area contributed by atoms with E-state index >= 15 is 0 Å². The third-order valence-corrected chi connectivity index (χ3v) is 5.27. The lowest BCUT2D eigenvalue weighted by Crippen LogP contribution is -2.13. The van der Waals surface area contributed by atoms with Gasteiger partial charge in [-0.15, -0.1) is 0 Å². The van der Waals surface area contributed by atoms with Crippen LogP contribution < -0.4 is 9.46 Å². The van der Waals surface area contributed by atoms with Crippen molar-refractivity contribution >= 4 is 32.5 Å². The normalized spacial score (nSPS) is 11.2. The first-order valence-corrected chi connectivity index (χ1v) is 9.21. The Bertz CT molecular complexity index is 1080. The molecule has 0 atom stereocenters. The zero-order chi connectivity index (χ0) is 18.7. The summed E-state index contributed by atoms with van der Waals surface area (Å²) in [7, 11) is -1.14. The molecule has 3 rings (SSSR count). The first-order chi connectivity index (χ1) is 12.4. The van der Waals surface area contributed by atoms with Gasteiger partial charge in [0.05, 0.1) is 24.8 Å². The summed E-state index contributed by atoms with van der Waals surface area (Å²) >= 11 is 0. The average Bonchev–Trinajstić information content (AvgIpc) is 2.66. The SMILES string of the molecule is COC(=O)c1ccc(NS(=O)(=O)c2ccc3ccccc3c2)cc1OC. The molecule has 0 bridgehead atoms. The van der Waals surface area contributed by atoms with Crippen LogP contribution in [0.3, 0.4) is 0 Å². The molecule has 0 fully saturated rings. The van der Waals surface area contributed by atoms with Gasteiger partial charge in [-0.3, -0.25) is 4.72 Å². The zero-order valence-corrected chi connectivity index (χ0v) is 15.0. The minimum absolute atomic E-state index is 0.146. The van der Waals surface area contributed by atoms with Gasteiger partial charge >= 0.3 is 5.97 Å². The number of ether oxygens (including phenoxy) is 2. The summed E-state index contributed by atoms with van der Waals surface area (Å²) in [6.45, 7) is 0. The van der Waals surface area contributed by atoms with Crippen LogP contribution in [0.1, 0.15) is 10.4 Å². The molecule has 0 unspecified atom stereocenters. The van der Waals surface area contributed by atoms with Gasteiger partial charge in [0.15, 0.2) is 0 Å². The fourth-order valence-electron chi connectivity index (χ4n) is 2.58. The first-order valence-electron chi connectivity index (χ1n) is 7.72. The molecule has 1 N–H and O–H groups in total. The van der Waals surface area contributed by atoms with Crippen LogP contribution in [0.5, 0.6) is 5.75 Å². The maximum atomic E-state index is 12.7. The standard InChI is InChI=1S/C19H17NO5S/c1-24-18-12-15(8-10-17(18)19(21)25-2)20-26(22,23)16-9-7-13-5-3-4-6-14(13)11-16/h3-12,20H,1-2H3. The van der Waals surface area contributed by atoms with Gasteiger partial charge in [0, 0.05) is 6.07 Å². The van der Waals surface area contributed by atoms with Crippen molar-refractivity contribution in [3.8, 4) is 5.75 Å². The predicted octanol–water partition coefficient (Wildman–Crippen LogP) is 3.44. The Kier molecular flexibility index (Phi) is 4.81. The molecule has 26 heavy (non-hydrogen) atoms. The molecule has 0 saturated heterocycles. The molecule has 6 nitrogen and oxygen atoms in total. The molecular formula is C19H17NO5S. The number of methoxy groups -OCH3 is 2. The number of benzene rings is 3. The Balaban J connectivity index is 1.94. The van der Waals surface area contributed by atoms with E-state index in [1.807, 2.05) is 24.3 Å². The van der Waals surface area contributed by atoms with Crippen molar-refractivity contribution in [3.63, 3.8) is 0 Å². The third kappa shape index (κ3) is 3.48. The maximum Gasteiger partial charge on any atom is 0.341 e. The maximum absolute atomic E-state index is 12.7. The number of anilines is 1. The van der Waals surface area contributed by atoms with E-state index in [2.05, 4.69) is 9.46 Å². The molecular weight excluding hydrogens is 354 g/mol. The number of carbonyl (C=O) groups is 1. The molecule has 0 aliphatic carbocycles. The highest BCUT2D eigenvalue weighted by Gasteiger charge is 2.18. The largest absolute Gasteiger partial charge is 0.496 e. The molecule has 0 aliphatic rings. The molecule has 0 radical (unpaired) electrons. The number of nitrogens with one attached hydrogen (secondary N) is 1. The summed E-state index contributed by atoms with van der Waals surface area (Å²) < 4.78 is 37.7. The Morgan fingerprint density at radius 2 is 1.65 bits per heavy atom. The van der Waals surface area contributed by atoms with Crippen molar-refractivity contribution in [2.75, 3.05) is 18.9 Å². The van der Waals surface area contributed by atoms with Gasteiger partial charge in [-0.25, -0.2) is 13.2 Å². The summed E-state index contributed by atoms with van der Waals surface area (Å²) in [5.74, 6) is -0.346. The number of hydrogen-bond donors (Lipinski definition) is 1. The number of hydrogen-bond acceptors (Lipinski definition) is 5. The van der Waals surface area contributed by atoms with Crippen LogP contribution in [0.2, 0.25) is 0 Å². The molecule has 0 saturated carbocycles. The van der Waals surface area contributed by atoms with Crippen molar-refractivity contribution in [3.05, 3.63) is 66.2 Å². The molecule has 0 heterocycles. The van der Waals surface area contributed by atoms with Crippen LogP contribution in [0.15, 0.2) is 65.6 Å². The number of carbonyl (C=O) groups excluding carboxylic acids is 1.